The molecule has 0 spiro atoms. The zero-order valence-corrected chi connectivity index (χ0v) is 12.7. The van der Waals surface area contributed by atoms with E-state index in [1.165, 1.54) is 22.8 Å². The number of nitrogens with one attached hydrogen (secondary N) is 2. The van der Waals surface area contributed by atoms with Crippen molar-refractivity contribution in [3.05, 3.63) is 64.1 Å². The Balaban J connectivity index is 1.58. The minimum atomic E-state index is -0.629. The fourth-order valence-electron chi connectivity index (χ4n) is 2.75. The van der Waals surface area contributed by atoms with Gasteiger partial charge in [0, 0.05) is 5.69 Å². The average molecular weight is 337 g/mol. The molecule has 2 aromatic carbocycles. The third-order valence-corrected chi connectivity index (χ3v) is 3.90. The van der Waals surface area contributed by atoms with Crippen molar-refractivity contribution >= 4 is 34.5 Å². The van der Waals surface area contributed by atoms with Crippen LogP contribution in [-0.2, 0) is 11.3 Å². The van der Waals surface area contributed by atoms with Crippen molar-refractivity contribution < 1.29 is 18.8 Å². The summed E-state index contributed by atoms with van der Waals surface area (Å²) in [5, 5.41) is 4.78. The van der Waals surface area contributed by atoms with E-state index < -0.39 is 23.5 Å². The summed E-state index contributed by atoms with van der Waals surface area (Å²) in [4.78, 5) is 47.3. The van der Waals surface area contributed by atoms with Gasteiger partial charge in [0.2, 0.25) is 5.91 Å². The van der Waals surface area contributed by atoms with E-state index in [2.05, 4.69) is 10.6 Å². The lowest BCUT2D eigenvalue weighted by atomic mass is 10.1. The molecule has 0 unspecified atom stereocenters. The van der Waals surface area contributed by atoms with Gasteiger partial charge in [-0.2, -0.15) is 0 Å². The third kappa shape index (κ3) is 2.49. The smallest absolute Gasteiger partial charge is 0.408 e. The van der Waals surface area contributed by atoms with Gasteiger partial charge in [-0.05, 0) is 30.3 Å². The number of carbonyl (C=O) groups is 3. The predicted octanol–water partition coefficient (Wildman–Crippen LogP) is 1.12. The number of para-hydroxylation sites is 2. The van der Waals surface area contributed by atoms with Crippen molar-refractivity contribution in [1.29, 1.82) is 0 Å². The number of imide groups is 1. The number of oxazole rings is 1. The van der Waals surface area contributed by atoms with Crippen LogP contribution in [0.4, 0.5) is 5.69 Å². The van der Waals surface area contributed by atoms with E-state index in [4.69, 9.17) is 4.42 Å². The first-order valence-corrected chi connectivity index (χ1v) is 7.41. The molecule has 4 rings (SSSR count). The number of anilines is 1. The zero-order valence-electron chi connectivity index (χ0n) is 12.7. The van der Waals surface area contributed by atoms with Crippen LogP contribution in [0.25, 0.3) is 11.1 Å². The maximum atomic E-state index is 12.2. The molecule has 0 saturated heterocycles. The van der Waals surface area contributed by atoms with Crippen molar-refractivity contribution in [3.8, 4) is 0 Å². The Morgan fingerprint density at radius 3 is 2.64 bits per heavy atom. The van der Waals surface area contributed by atoms with Crippen LogP contribution in [0, 0.1) is 0 Å². The summed E-state index contributed by atoms with van der Waals surface area (Å²) >= 11 is 0. The third-order valence-electron chi connectivity index (χ3n) is 3.90. The highest BCUT2D eigenvalue weighted by Gasteiger charge is 2.26. The van der Waals surface area contributed by atoms with Gasteiger partial charge >= 0.3 is 5.76 Å². The van der Waals surface area contributed by atoms with Crippen molar-refractivity contribution in [2.75, 3.05) is 5.32 Å². The minimum Gasteiger partial charge on any atom is -0.408 e. The molecule has 0 atom stereocenters. The van der Waals surface area contributed by atoms with E-state index in [9.17, 15) is 19.2 Å². The number of fused-ring (bicyclic) bond motifs is 2. The Morgan fingerprint density at radius 1 is 1.04 bits per heavy atom. The Bertz CT molecular complexity index is 1110. The number of carbonyl (C=O) groups excluding carboxylic acids is 3. The molecule has 0 bridgehead atoms. The summed E-state index contributed by atoms with van der Waals surface area (Å²) in [7, 11) is 0. The van der Waals surface area contributed by atoms with Gasteiger partial charge in [-0.3, -0.25) is 24.3 Å². The van der Waals surface area contributed by atoms with E-state index in [0.29, 0.717) is 16.8 Å². The van der Waals surface area contributed by atoms with Crippen LogP contribution in [0.3, 0.4) is 0 Å². The van der Waals surface area contributed by atoms with Crippen LogP contribution in [0.15, 0.2) is 51.7 Å². The van der Waals surface area contributed by atoms with Crippen LogP contribution in [0.2, 0.25) is 0 Å². The number of aromatic nitrogens is 1. The second-order valence-corrected chi connectivity index (χ2v) is 5.51. The first kappa shape index (κ1) is 14.9. The van der Waals surface area contributed by atoms with E-state index in [-0.39, 0.29) is 17.7 Å². The summed E-state index contributed by atoms with van der Waals surface area (Å²) in [6, 6.07) is 11.2. The van der Waals surface area contributed by atoms with Crippen LogP contribution in [0.5, 0.6) is 0 Å². The molecular weight excluding hydrogens is 326 g/mol. The largest absolute Gasteiger partial charge is 0.420 e. The van der Waals surface area contributed by atoms with Crippen molar-refractivity contribution in [1.82, 2.24) is 9.88 Å². The fourth-order valence-corrected chi connectivity index (χ4v) is 2.75. The van der Waals surface area contributed by atoms with Crippen molar-refractivity contribution in [2.24, 2.45) is 0 Å². The van der Waals surface area contributed by atoms with E-state index in [1.54, 1.807) is 24.3 Å². The lowest BCUT2D eigenvalue weighted by molar-refractivity contribution is -0.116. The molecule has 8 nitrogen and oxygen atoms in total. The van der Waals surface area contributed by atoms with E-state index >= 15 is 0 Å². The zero-order chi connectivity index (χ0) is 17.6. The normalized spacial score (nSPS) is 13.0. The molecular formula is C17H11N3O5. The first-order chi connectivity index (χ1) is 12.0. The number of hydrogen-bond donors (Lipinski definition) is 2. The van der Waals surface area contributed by atoms with Gasteiger partial charge in [0.15, 0.2) is 5.58 Å². The van der Waals surface area contributed by atoms with Gasteiger partial charge in [0.25, 0.3) is 11.8 Å². The van der Waals surface area contributed by atoms with Gasteiger partial charge < -0.3 is 9.73 Å². The highest BCUT2D eigenvalue weighted by Crippen LogP contribution is 2.20. The Morgan fingerprint density at radius 2 is 1.80 bits per heavy atom. The average Bonchev–Trinajstić information content (AvgIpc) is 3.04. The van der Waals surface area contributed by atoms with Gasteiger partial charge in [-0.15, -0.1) is 0 Å². The first-order valence-electron chi connectivity index (χ1n) is 7.41. The van der Waals surface area contributed by atoms with Gasteiger partial charge in [-0.1, -0.05) is 12.1 Å². The number of benzene rings is 2. The molecule has 0 fully saturated rings. The summed E-state index contributed by atoms with van der Waals surface area (Å²) in [5.74, 6) is -2.06. The highest BCUT2D eigenvalue weighted by atomic mass is 16.4. The topological polar surface area (TPSA) is 110 Å². The molecule has 0 radical (unpaired) electrons. The molecule has 0 aliphatic carbocycles. The van der Waals surface area contributed by atoms with Crippen LogP contribution < -0.4 is 16.4 Å². The Hall–Kier alpha value is -3.68. The van der Waals surface area contributed by atoms with Crippen LogP contribution in [0.1, 0.15) is 20.7 Å². The Kier molecular flexibility index (Phi) is 3.24. The molecule has 25 heavy (non-hydrogen) atoms. The maximum Gasteiger partial charge on any atom is 0.420 e. The molecule has 3 amide bonds. The van der Waals surface area contributed by atoms with Crippen molar-refractivity contribution in [2.45, 2.75) is 6.54 Å². The Labute approximate surface area is 140 Å². The molecule has 2 heterocycles. The highest BCUT2D eigenvalue weighted by molar-refractivity contribution is 6.22. The van der Waals surface area contributed by atoms with E-state index in [0.717, 1.165) is 0 Å². The molecule has 124 valence electrons. The lowest BCUT2D eigenvalue weighted by Gasteiger charge is -2.06. The molecule has 1 aliphatic heterocycles. The number of hydrogen-bond acceptors (Lipinski definition) is 5. The van der Waals surface area contributed by atoms with Crippen LogP contribution >= 0.6 is 0 Å². The second kappa shape index (κ2) is 5.45. The van der Waals surface area contributed by atoms with Gasteiger partial charge in [0.05, 0.1) is 16.6 Å². The molecule has 3 aromatic rings. The molecule has 1 aliphatic rings. The quantitative estimate of drug-likeness (QED) is 0.696. The van der Waals surface area contributed by atoms with Crippen molar-refractivity contribution in [3.63, 3.8) is 0 Å². The second-order valence-electron chi connectivity index (χ2n) is 5.51. The monoisotopic (exact) mass is 337 g/mol. The fraction of sp³-hybridized carbons (Fsp3) is 0.0588. The molecule has 0 saturated carbocycles. The molecule has 1 aromatic heterocycles. The van der Waals surface area contributed by atoms with Gasteiger partial charge in [-0.25, -0.2) is 4.79 Å². The summed E-state index contributed by atoms with van der Waals surface area (Å²) in [6.45, 7) is -0.238. The SMILES string of the molecule is O=C(Cn1c(=O)oc2ccccc21)Nc1ccc2c(c1)C(=O)NC2=O. The molecule has 2 N–H and O–H groups in total. The predicted molar refractivity (Wildman–Crippen MR) is 87.3 cm³/mol. The summed E-state index contributed by atoms with van der Waals surface area (Å²) in [5.41, 5.74) is 1.73. The number of nitrogens with zero attached hydrogens (tertiary/aromatic N) is 1. The number of rotatable bonds is 3. The lowest BCUT2D eigenvalue weighted by Crippen LogP contribution is -2.24. The number of amides is 3. The standard InChI is InChI=1S/C17H11N3O5/c21-14(8-20-12-3-1-2-4-13(12)25-17(20)24)18-9-5-6-10-11(7-9)16(23)19-15(10)22/h1-7H,8H2,(H,18,21)(H,19,22,23). The maximum absolute atomic E-state index is 12.2. The van der Waals surface area contributed by atoms with E-state index in [1.807, 2.05) is 0 Å². The minimum absolute atomic E-state index is 0.203. The summed E-state index contributed by atoms with van der Waals surface area (Å²) in [6.07, 6.45) is 0. The van der Waals surface area contributed by atoms with Crippen LogP contribution in [-0.4, -0.2) is 22.3 Å². The molecule has 8 heteroatoms. The van der Waals surface area contributed by atoms with Gasteiger partial charge in [0.1, 0.15) is 6.54 Å². The summed E-state index contributed by atoms with van der Waals surface area (Å²) < 4.78 is 6.29.